The van der Waals surface area contributed by atoms with E-state index in [9.17, 15) is 19.2 Å². The minimum absolute atomic E-state index is 0.120. The number of aromatic amines is 1. The Morgan fingerprint density at radius 3 is 2.70 bits per heavy atom. The Balaban J connectivity index is 1.63. The summed E-state index contributed by atoms with van der Waals surface area (Å²) in [6.45, 7) is 2.03. The first-order valence-electron chi connectivity index (χ1n) is 9.64. The molecule has 1 saturated heterocycles. The van der Waals surface area contributed by atoms with Crippen molar-refractivity contribution >= 4 is 34.5 Å². The van der Waals surface area contributed by atoms with Crippen molar-refractivity contribution in [3.05, 3.63) is 30.0 Å². The molecule has 0 spiro atoms. The van der Waals surface area contributed by atoms with Crippen molar-refractivity contribution in [3.63, 3.8) is 0 Å². The van der Waals surface area contributed by atoms with E-state index in [0.29, 0.717) is 18.7 Å². The van der Waals surface area contributed by atoms with Crippen LogP contribution in [0.15, 0.2) is 24.3 Å². The molecule has 3 atom stereocenters. The summed E-state index contributed by atoms with van der Waals surface area (Å²) >= 11 is 0. The first-order valence-corrected chi connectivity index (χ1v) is 9.64. The fourth-order valence-electron chi connectivity index (χ4n) is 3.47. The van der Waals surface area contributed by atoms with Gasteiger partial charge in [-0.3, -0.25) is 19.2 Å². The lowest BCUT2D eigenvalue weighted by Gasteiger charge is -2.20. The molecule has 160 valence electrons. The van der Waals surface area contributed by atoms with Gasteiger partial charge in [0, 0.05) is 23.4 Å². The van der Waals surface area contributed by atoms with E-state index in [4.69, 9.17) is 10.5 Å². The van der Waals surface area contributed by atoms with Crippen LogP contribution in [-0.4, -0.2) is 54.4 Å². The Kier molecular flexibility index (Phi) is 6.24. The van der Waals surface area contributed by atoms with E-state index in [1.54, 1.807) is 24.3 Å². The van der Waals surface area contributed by atoms with Crippen LogP contribution in [0.4, 0.5) is 0 Å². The van der Waals surface area contributed by atoms with Gasteiger partial charge >= 0.3 is 0 Å². The number of benzene rings is 1. The molecule has 1 fully saturated rings. The van der Waals surface area contributed by atoms with Crippen LogP contribution in [0.5, 0.6) is 5.75 Å². The number of nitrogens with two attached hydrogens (primary N) is 1. The van der Waals surface area contributed by atoms with Crippen molar-refractivity contribution < 1.29 is 23.9 Å². The van der Waals surface area contributed by atoms with Crippen molar-refractivity contribution in [2.75, 3.05) is 13.7 Å². The predicted octanol–water partition coefficient (Wildman–Crippen LogP) is -0.209. The molecule has 0 bridgehead atoms. The molecule has 0 unspecified atom stereocenters. The van der Waals surface area contributed by atoms with Gasteiger partial charge in [-0.25, -0.2) is 0 Å². The Labute approximate surface area is 172 Å². The monoisotopic (exact) mass is 415 g/mol. The number of carbonyl (C=O) groups is 4. The van der Waals surface area contributed by atoms with Gasteiger partial charge in [-0.1, -0.05) is 6.07 Å². The lowest BCUT2D eigenvalue weighted by atomic mass is 9.98. The minimum Gasteiger partial charge on any atom is -0.496 e. The summed E-state index contributed by atoms with van der Waals surface area (Å²) in [5.74, 6) is -1.71. The number of primary amides is 1. The van der Waals surface area contributed by atoms with Crippen LogP contribution < -0.4 is 26.4 Å². The van der Waals surface area contributed by atoms with Gasteiger partial charge < -0.3 is 31.4 Å². The number of carbonyl (C=O) groups excluding carboxylic acids is 4. The molecule has 2 heterocycles. The van der Waals surface area contributed by atoms with Crippen LogP contribution in [0.3, 0.4) is 0 Å². The molecule has 10 nitrogen and oxygen atoms in total. The van der Waals surface area contributed by atoms with Gasteiger partial charge in [0.15, 0.2) is 0 Å². The number of ether oxygens (including phenoxy) is 1. The third-order valence-electron chi connectivity index (χ3n) is 5.17. The zero-order valence-corrected chi connectivity index (χ0v) is 16.8. The number of hydrogen-bond donors (Lipinski definition) is 5. The highest BCUT2D eigenvalue weighted by Gasteiger charge is 2.31. The van der Waals surface area contributed by atoms with E-state index >= 15 is 0 Å². The number of fused-ring (bicyclic) bond motifs is 1. The third-order valence-corrected chi connectivity index (χ3v) is 5.17. The molecule has 0 aliphatic carbocycles. The smallest absolute Gasteiger partial charge is 0.268 e. The van der Waals surface area contributed by atoms with Crippen molar-refractivity contribution in [1.29, 1.82) is 0 Å². The SMILES string of the molecule is COc1cccc2[nH]c(C(=O)N[C@@H](C)C(=O)N[C@@H](C[C@@H]3CCNC3=O)C(N)=O)cc12. The number of H-pyrrole nitrogens is 1. The highest BCUT2D eigenvalue weighted by Crippen LogP contribution is 2.26. The summed E-state index contributed by atoms with van der Waals surface area (Å²) in [5, 5.41) is 8.54. The molecule has 0 saturated carbocycles. The van der Waals surface area contributed by atoms with Crippen molar-refractivity contribution in [1.82, 2.24) is 20.9 Å². The Bertz CT molecular complexity index is 985. The summed E-state index contributed by atoms with van der Waals surface area (Å²) in [6.07, 6.45) is 0.698. The maximum absolute atomic E-state index is 12.6. The summed E-state index contributed by atoms with van der Waals surface area (Å²) in [4.78, 5) is 51.5. The summed E-state index contributed by atoms with van der Waals surface area (Å²) in [5.41, 5.74) is 6.37. The highest BCUT2D eigenvalue weighted by atomic mass is 16.5. The molecule has 30 heavy (non-hydrogen) atoms. The second-order valence-electron chi connectivity index (χ2n) is 7.28. The first kappa shape index (κ1) is 21.2. The lowest BCUT2D eigenvalue weighted by Crippen LogP contribution is -2.52. The van der Waals surface area contributed by atoms with E-state index in [1.807, 2.05) is 0 Å². The van der Waals surface area contributed by atoms with Crippen LogP contribution in [0.25, 0.3) is 10.9 Å². The second-order valence-corrected chi connectivity index (χ2v) is 7.28. The number of amides is 4. The average Bonchev–Trinajstić information content (AvgIpc) is 3.33. The molecular weight excluding hydrogens is 390 g/mol. The molecule has 4 amide bonds. The van der Waals surface area contributed by atoms with Crippen LogP contribution >= 0.6 is 0 Å². The molecule has 10 heteroatoms. The lowest BCUT2D eigenvalue weighted by molar-refractivity contribution is -0.129. The standard InChI is InChI=1S/C20H25N5O5/c1-10(18(27)25-14(17(21)26)8-11-6-7-22-19(11)28)23-20(29)15-9-12-13(24-15)4-3-5-16(12)30-2/h3-5,9-11,14,24H,6-8H2,1-2H3,(H2,21,26)(H,22,28)(H,23,29)(H,25,27)/t10-,11-,14-/m0/s1. The molecule has 2 aromatic rings. The Hall–Kier alpha value is -3.56. The maximum Gasteiger partial charge on any atom is 0.268 e. The van der Waals surface area contributed by atoms with Crippen molar-refractivity contribution in [2.24, 2.45) is 11.7 Å². The second kappa shape index (κ2) is 8.85. The highest BCUT2D eigenvalue weighted by molar-refractivity contribution is 6.01. The van der Waals surface area contributed by atoms with E-state index in [1.165, 1.54) is 14.0 Å². The zero-order valence-electron chi connectivity index (χ0n) is 16.8. The maximum atomic E-state index is 12.6. The predicted molar refractivity (Wildman–Crippen MR) is 109 cm³/mol. The minimum atomic E-state index is -0.997. The van der Waals surface area contributed by atoms with Gasteiger partial charge in [0.05, 0.1) is 7.11 Å². The number of nitrogens with one attached hydrogen (secondary N) is 4. The normalized spacial score (nSPS) is 17.8. The molecule has 1 aliphatic heterocycles. The van der Waals surface area contributed by atoms with Gasteiger partial charge in [0.25, 0.3) is 5.91 Å². The van der Waals surface area contributed by atoms with Gasteiger partial charge in [-0.15, -0.1) is 0 Å². The topological polar surface area (TPSA) is 155 Å². The van der Waals surface area contributed by atoms with Gasteiger partial charge in [0.2, 0.25) is 17.7 Å². The van der Waals surface area contributed by atoms with E-state index in [-0.39, 0.29) is 23.9 Å². The van der Waals surface area contributed by atoms with Crippen molar-refractivity contribution in [3.8, 4) is 5.75 Å². The third kappa shape index (κ3) is 4.53. The Morgan fingerprint density at radius 1 is 1.30 bits per heavy atom. The van der Waals surface area contributed by atoms with Gasteiger partial charge in [-0.05, 0) is 38.0 Å². The quantitative estimate of drug-likeness (QED) is 0.403. The fourth-order valence-corrected chi connectivity index (χ4v) is 3.47. The van der Waals surface area contributed by atoms with Crippen LogP contribution in [-0.2, 0) is 14.4 Å². The van der Waals surface area contributed by atoms with Gasteiger partial charge in [-0.2, -0.15) is 0 Å². The van der Waals surface area contributed by atoms with E-state index < -0.39 is 29.8 Å². The summed E-state index contributed by atoms with van der Waals surface area (Å²) < 4.78 is 5.28. The number of rotatable bonds is 8. The van der Waals surface area contributed by atoms with Gasteiger partial charge in [0.1, 0.15) is 23.5 Å². The van der Waals surface area contributed by atoms with E-state index in [0.717, 1.165) is 10.9 Å². The molecule has 3 rings (SSSR count). The zero-order chi connectivity index (χ0) is 21.8. The molecule has 0 radical (unpaired) electrons. The average molecular weight is 415 g/mol. The fraction of sp³-hybridized carbons (Fsp3) is 0.400. The summed E-state index contributed by atoms with van der Waals surface area (Å²) in [6, 6.07) is 5.10. The summed E-state index contributed by atoms with van der Waals surface area (Å²) in [7, 11) is 1.54. The number of methoxy groups -OCH3 is 1. The first-order chi connectivity index (χ1) is 14.3. The number of aromatic nitrogens is 1. The molecule has 1 aliphatic rings. The van der Waals surface area contributed by atoms with E-state index in [2.05, 4.69) is 20.9 Å². The molecule has 6 N–H and O–H groups in total. The Morgan fingerprint density at radius 2 is 2.07 bits per heavy atom. The molecule has 1 aromatic heterocycles. The number of hydrogen-bond acceptors (Lipinski definition) is 5. The molecular formula is C20H25N5O5. The van der Waals surface area contributed by atoms with Crippen LogP contribution in [0, 0.1) is 5.92 Å². The van der Waals surface area contributed by atoms with Crippen LogP contribution in [0.2, 0.25) is 0 Å². The van der Waals surface area contributed by atoms with Crippen LogP contribution in [0.1, 0.15) is 30.3 Å². The van der Waals surface area contributed by atoms with Crippen molar-refractivity contribution in [2.45, 2.75) is 31.8 Å². The molecule has 1 aromatic carbocycles. The largest absolute Gasteiger partial charge is 0.496 e.